The van der Waals surface area contributed by atoms with E-state index in [1.807, 2.05) is 65.5 Å². The topological polar surface area (TPSA) is 78.7 Å². The number of hydrogen-bond donors (Lipinski definition) is 0. The van der Waals surface area contributed by atoms with E-state index in [1.165, 1.54) is 13.4 Å². The largest absolute Gasteiger partial charge is 0.487 e. The van der Waals surface area contributed by atoms with Gasteiger partial charge in [-0.1, -0.05) is 18.2 Å². The minimum Gasteiger partial charge on any atom is -0.487 e. The highest BCUT2D eigenvalue weighted by atomic mass is 16.5. The maximum Gasteiger partial charge on any atom is 0.340 e. The van der Waals surface area contributed by atoms with Gasteiger partial charge in [0.2, 0.25) is 0 Å². The zero-order chi connectivity index (χ0) is 23.3. The molecule has 0 atom stereocenters. The Morgan fingerprint density at radius 3 is 2.41 bits per heavy atom. The second-order valence-electron chi connectivity index (χ2n) is 7.91. The van der Waals surface area contributed by atoms with Crippen LogP contribution in [0, 0.1) is 0 Å². The second-order valence-corrected chi connectivity index (χ2v) is 7.91. The average molecular weight is 457 g/mol. The van der Waals surface area contributed by atoms with E-state index in [1.54, 1.807) is 18.5 Å². The standard InChI is InChI=1S/C26H24N4O4/c1-32-26(31)23-5-4-6-24(25(23)29-11-2-3-12-29)30-15-22(16-30)34-20-9-7-19(8-10-20)17-33-21-13-27-18-28-14-21/h2-14,18,22H,15-17H2,1H3. The lowest BCUT2D eigenvalue weighted by molar-refractivity contribution is 0.0600. The van der Waals surface area contributed by atoms with Crippen molar-refractivity contribution in [2.45, 2.75) is 12.7 Å². The molecule has 0 aliphatic carbocycles. The van der Waals surface area contributed by atoms with Crippen LogP contribution in [0.4, 0.5) is 5.69 Å². The van der Waals surface area contributed by atoms with Crippen molar-refractivity contribution in [1.29, 1.82) is 0 Å². The third-order valence-electron chi connectivity index (χ3n) is 5.64. The summed E-state index contributed by atoms with van der Waals surface area (Å²) in [7, 11) is 1.40. The molecule has 0 unspecified atom stereocenters. The van der Waals surface area contributed by atoms with Gasteiger partial charge in [-0.3, -0.25) is 0 Å². The summed E-state index contributed by atoms with van der Waals surface area (Å²) in [5.74, 6) is 1.08. The van der Waals surface area contributed by atoms with Gasteiger partial charge in [0.15, 0.2) is 5.75 Å². The Balaban J connectivity index is 1.22. The van der Waals surface area contributed by atoms with Crippen molar-refractivity contribution in [3.63, 3.8) is 0 Å². The first-order chi connectivity index (χ1) is 16.7. The van der Waals surface area contributed by atoms with Crippen LogP contribution in [0.25, 0.3) is 5.69 Å². The summed E-state index contributed by atoms with van der Waals surface area (Å²) in [6.45, 7) is 1.87. The fraction of sp³-hybridized carbons (Fsp3) is 0.192. The van der Waals surface area contributed by atoms with Crippen LogP contribution in [0.1, 0.15) is 15.9 Å². The first kappa shape index (κ1) is 21.5. The van der Waals surface area contributed by atoms with E-state index in [-0.39, 0.29) is 12.1 Å². The summed E-state index contributed by atoms with van der Waals surface area (Å²) < 4.78 is 18.8. The van der Waals surface area contributed by atoms with E-state index in [2.05, 4.69) is 14.9 Å². The van der Waals surface area contributed by atoms with Crippen LogP contribution in [0.15, 0.2) is 85.7 Å². The van der Waals surface area contributed by atoms with Crippen molar-refractivity contribution < 1.29 is 19.0 Å². The molecule has 8 nitrogen and oxygen atoms in total. The third kappa shape index (κ3) is 4.56. The van der Waals surface area contributed by atoms with Crippen LogP contribution in [0.5, 0.6) is 11.5 Å². The van der Waals surface area contributed by atoms with Crippen molar-refractivity contribution in [2.24, 2.45) is 0 Å². The van der Waals surface area contributed by atoms with Gasteiger partial charge in [-0.25, -0.2) is 14.8 Å². The minimum atomic E-state index is -0.359. The highest BCUT2D eigenvalue weighted by Crippen LogP contribution is 2.33. The number of para-hydroxylation sites is 1. The molecule has 2 aromatic carbocycles. The molecule has 0 bridgehead atoms. The average Bonchev–Trinajstić information content (AvgIpc) is 3.40. The smallest absolute Gasteiger partial charge is 0.340 e. The maximum atomic E-state index is 12.4. The van der Waals surface area contributed by atoms with Gasteiger partial charge in [0.1, 0.15) is 24.8 Å². The van der Waals surface area contributed by atoms with E-state index in [0.29, 0.717) is 17.9 Å². The summed E-state index contributed by atoms with van der Waals surface area (Å²) in [4.78, 5) is 22.5. The Labute approximate surface area is 197 Å². The van der Waals surface area contributed by atoms with Gasteiger partial charge in [-0.2, -0.15) is 0 Å². The van der Waals surface area contributed by atoms with Crippen LogP contribution in [0.2, 0.25) is 0 Å². The van der Waals surface area contributed by atoms with Crippen molar-refractivity contribution in [3.05, 3.63) is 96.8 Å². The van der Waals surface area contributed by atoms with Crippen LogP contribution in [-0.4, -0.2) is 46.8 Å². The number of hydrogen-bond acceptors (Lipinski definition) is 7. The zero-order valence-electron chi connectivity index (χ0n) is 18.7. The molecule has 1 aliphatic rings. The molecule has 4 aromatic rings. The highest BCUT2D eigenvalue weighted by Gasteiger charge is 2.32. The summed E-state index contributed by atoms with van der Waals surface area (Å²) in [5, 5.41) is 0. The van der Waals surface area contributed by atoms with Gasteiger partial charge in [-0.05, 0) is 42.0 Å². The molecule has 34 heavy (non-hydrogen) atoms. The number of esters is 1. The number of carbonyl (C=O) groups excluding carboxylic acids is 1. The molecular weight excluding hydrogens is 432 g/mol. The number of anilines is 1. The number of methoxy groups -OCH3 is 1. The molecule has 5 rings (SSSR count). The lowest BCUT2D eigenvalue weighted by Crippen LogP contribution is -2.54. The molecule has 172 valence electrons. The molecule has 2 aromatic heterocycles. The molecule has 8 heteroatoms. The number of carbonyl (C=O) groups is 1. The van der Waals surface area contributed by atoms with Crippen LogP contribution < -0.4 is 14.4 Å². The van der Waals surface area contributed by atoms with Crippen LogP contribution in [0.3, 0.4) is 0 Å². The third-order valence-corrected chi connectivity index (χ3v) is 5.64. The van der Waals surface area contributed by atoms with Gasteiger partial charge < -0.3 is 23.7 Å². The molecule has 0 radical (unpaired) electrons. The van der Waals surface area contributed by atoms with Crippen molar-refractivity contribution in [2.75, 3.05) is 25.1 Å². The van der Waals surface area contributed by atoms with E-state index < -0.39 is 0 Å². The van der Waals surface area contributed by atoms with Crippen molar-refractivity contribution >= 4 is 11.7 Å². The van der Waals surface area contributed by atoms with E-state index >= 15 is 0 Å². The number of nitrogens with zero attached hydrogens (tertiary/aromatic N) is 4. The van der Waals surface area contributed by atoms with Crippen molar-refractivity contribution in [1.82, 2.24) is 14.5 Å². The van der Waals surface area contributed by atoms with Gasteiger partial charge in [-0.15, -0.1) is 0 Å². The quantitative estimate of drug-likeness (QED) is 0.372. The molecule has 0 spiro atoms. The summed E-state index contributed by atoms with van der Waals surface area (Å²) in [6.07, 6.45) is 8.65. The molecule has 1 aliphatic heterocycles. The molecule has 0 N–H and O–H groups in total. The van der Waals surface area contributed by atoms with Gasteiger partial charge >= 0.3 is 5.97 Å². The lowest BCUT2D eigenvalue weighted by Gasteiger charge is -2.41. The number of aromatic nitrogens is 3. The molecule has 1 fully saturated rings. The monoisotopic (exact) mass is 456 g/mol. The normalized spacial score (nSPS) is 13.3. The Hall–Kier alpha value is -4.33. The number of rotatable bonds is 8. The second kappa shape index (κ2) is 9.66. The Morgan fingerprint density at radius 1 is 0.971 bits per heavy atom. The molecule has 1 saturated heterocycles. The Morgan fingerprint density at radius 2 is 1.71 bits per heavy atom. The number of benzene rings is 2. The molecule has 3 heterocycles. The highest BCUT2D eigenvalue weighted by molar-refractivity contribution is 5.96. The minimum absolute atomic E-state index is 0.0582. The van der Waals surface area contributed by atoms with Gasteiger partial charge in [0.25, 0.3) is 0 Å². The first-order valence-electron chi connectivity index (χ1n) is 10.9. The fourth-order valence-corrected chi connectivity index (χ4v) is 3.91. The zero-order valence-corrected chi connectivity index (χ0v) is 18.7. The van der Waals surface area contributed by atoms with Crippen LogP contribution >= 0.6 is 0 Å². The predicted molar refractivity (Wildman–Crippen MR) is 127 cm³/mol. The fourth-order valence-electron chi connectivity index (χ4n) is 3.91. The van der Waals surface area contributed by atoms with E-state index in [9.17, 15) is 4.79 Å². The van der Waals surface area contributed by atoms with E-state index in [4.69, 9.17) is 14.2 Å². The molecular formula is C26H24N4O4. The summed E-state index contributed by atoms with van der Waals surface area (Å²) >= 11 is 0. The maximum absolute atomic E-state index is 12.4. The van der Waals surface area contributed by atoms with Gasteiger partial charge in [0, 0.05) is 12.4 Å². The summed E-state index contributed by atoms with van der Waals surface area (Å²) in [6, 6.07) is 17.4. The SMILES string of the molecule is COC(=O)c1cccc(N2CC(Oc3ccc(COc4cncnc4)cc3)C2)c1-n1cccc1. The Kier molecular flexibility index (Phi) is 6.11. The first-order valence-corrected chi connectivity index (χ1v) is 10.9. The molecule has 0 amide bonds. The van der Waals surface area contributed by atoms with Gasteiger partial charge in [0.05, 0.1) is 49.5 Å². The number of ether oxygens (including phenoxy) is 3. The lowest BCUT2D eigenvalue weighted by atomic mass is 10.1. The van der Waals surface area contributed by atoms with E-state index in [0.717, 1.165) is 35.8 Å². The molecule has 0 saturated carbocycles. The summed E-state index contributed by atoms with van der Waals surface area (Å²) in [5.41, 5.74) is 3.34. The Bertz CT molecular complexity index is 1240. The van der Waals surface area contributed by atoms with Crippen molar-refractivity contribution in [3.8, 4) is 17.2 Å². The predicted octanol–water partition coefficient (Wildman–Crippen LogP) is 3.90. The van der Waals surface area contributed by atoms with Crippen LogP contribution in [-0.2, 0) is 11.3 Å².